The number of rotatable bonds is 6. The standard InChI is InChI=1S/C21H18N6O2/c1-29-18-6-4-15(5-7-18)13-24-21-25-19(17-3-2-10-23-14-17)26-27(21)20(28)16-8-11-22-12-9-16/h2-12,14H,13H2,1H3,(H,24,25,26). The maximum Gasteiger partial charge on any atom is 0.281 e. The Morgan fingerprint density at radius 1 is 1.03 bits per heavy atom. The molecule has 0 fully saturated rings. The van der Waals surface area contributed by atoms with Crippen molar-refractivity contribution < 1.29 is 9.53 Å². The number of benzene rings is 1. The quantitative estimate of drug-likeness (QED) is 0.544. The van der Waals surface area contributed by atoms with Crippen molar-refractivity contribution in [3.63, 3.8) is 0 Å². The third-order valence-corrected chi connectivity index (χ3v) is 4.26. The lowest BCUT2D eigenvalue weighted by molar-refractivity contribution is 0.0947. The molecule has 0 saturated carbocycles. The van der Waals surface area contributed by atoms with Gasteiger partial charge in [0.1, 0.15) is 5.75 Å². The number of methoxy groups -OCH3 is 1. The number of anilines is 1. The number of hydrogen-bond donors (Lipinski definition) is 1. The normalized spacial score (nSPS) is 10.5. The van der Waals surface area contributed by atoms with E-state index >= 15 is 0 Å². The van der Waals surface area contributed by atoms with Crippen LogP contribution in [-0.4, -0.2) is 37.7 Å². The first-order valence-electron chi connectivity index (χ1n) is 8.93. The highest BCUT2D eigenvalue weighted by Gasteiger charge is 2.18. The Morgan fingerprint density at radius 2 is 1.83 bits per heavy atom. The Bertz CT molecular complexity index is 1100. The lowest BCUT2D eigenvalue weighted by Gasteiger charge is -2.08. The molecule has 0 amide bonds. The molecule has 8 nitrogen and oxygen atoms in total. The van der Waals surface area contributed by atoms with Crippen molar-refractivity contribution in [2.45, 2.75) is 6.54 Å². The highest BCUT2D eigenvalue weighted by molar-refractivity contribution is 5.96. The van der Waals surface area contributed by atoms with Crippen molar-refractivity contribution in [3.05, 3.63) is 84.4 Å². The van der Waals surface area contributed by atoms with Crippen LogP contribution in [0.2, 0.25) is 0 Å². The van der Waals surface area contributed by atoms with Crippen LogP contribution in [0, 0.1) is 0 Å². The molecule has 0 aliphatic carbocycles. The van der Waals surface area contributed by atoms with Crippen LogP contribution in [0.1, 0.15) is 15.9 Å². The van der Waals surface area contributed by atoms with Crippen LogP contribution in [0.4, 0.5) is 5.95 Å². The van der Waals surface area contributed by atoms with Crippen molar-refractivity contribution in [2.75, 3.05) is 12.4 Å². The van der Waals surface area contributed by atoms with Gasteiger partial charge < -0.3 is 10.1 Å². The minimum absolute atomic E-state index is 0.299. The molecule has 3 heterocycles. The predicted octanol–water partition coefficient (Wildman–Crippen LogP) is 3.04. The lowest BCUT2D eigenvalue weighted by atomic mass is 10.2. The minimum atomic E-state index is -0.299. The molecule has 0 spiro atoms. The van der Waals surface area contributed by atoms with Crippen LogP contribution in [0.15, 0.2) is 73.3 Å². The second kappa shape index (κ2) is 8.30. The van der Waals surface area contributed by atoms with Crippen LogP contribution in [-0.2, 0) is 6.54 Å². The summed E-state index contributed by atoms with van der Waals surface area (Å²) in [6.07, 6.45) is 6.46. The number of nitrogens with one attached hydrogen (secondary N) is 1. The predicted molar refractivity (Wildman–Crippen MR) is 108 cm³/mol. The summed E-state index contributed by atoms with van der Waals surface area (Å²) in [7, 11) is 1.63. The van der Waals surface area contributed by atoms with Gasteiger partial charge >= 0.3 is 0 Å². The zero-order valence-electron chi connectivity index (χ0n) is 15.7. The number of pyridine rings is 2. The molecule has 0 aliphatic heterocycles. The zero-order chi connectivity index (χ0) is 20.1. The van der Waals surface area contributed by atoms with Gasteiger partial charge in [0.05, 0.1) is 7.11 Å². The second-order valence-corrected chi connectivity index (χ2v) is 6.16. The third-order valence-electron chi connectivity index (χ3n) is 4.26. The van der Waals surface area contributed by atoms with E-state index in [1.807, 2.05) is 30.3 Å². The molecule has 0 aliphatic rings. The Morgan fingerprint density at radius 3 is 2.52 bits per heavy atom. The van der Waals surface area contributed by atoms with Gasteiger partial charge in [-0.05, 0) is 42.0 Å². The molecular weight excluding hydrogens is 368 g/mol. The molecule has 4 aromatic rings. The molecule has 8 heteroatoms. The fourth-order valence-electron chi connectivity index (χ4n) is 2.73. The number of carbonyl (C=O) groups is 1. The van der Waals surface area contributed by atoms with E-state index in [2.05, 4.69) is 25.4 Å². The van der Waals surface area contributed by atoms with Crippen molar-refractivity contribution >= 4 is 11.9 Å². The van der Waals surface area contributed by atoms with Gasteiger partial charge in [-0.2, -0.15) is 9.67 Å². The van der Waals surface area contributed by atoms with Gasteiger partial charge in [-0.25, -0.2) is 0 Å². The molecule has 0 unspecified atom stereocenters. The van der Waals surface area contributed by atoms with Gasteiger partial charge in [0.2, 0.25) is 5.95 Å². The highest BCUT2D eigenvalue weighted by atomic mass is 16.5. The third kappa shape index (κ3) is 4.11. The van der Waals surface area contributed by atoms with Gasteiger partial charge in [0.15, 0.2) is 5.82 Å². The number of ether oxygens (including phenoxy) is 1. The van der Waals surface area contributed by atoms with Crippen LogP contribution < -0.4 is 10.1 Å². The molecule has 1 aromatic carbocycles. The molecule has 0 radical (unpaired) electrons. The summed E-state index contributed by atoms with van der Waals surface area (Å²) in [5.74, 6) is 1.25. The van der Waals surface area contributed by atoms with E-state index in [0.717, 1.165) is 16.9 Å². The van der Waals surface area contributed by atoms with Crippen molar-refractivity contribution in [2.24, 2.45) is 0 Å². The number of carbonyl (C=O) groups excluding carboxylic acids is 1. The summed E-state index contributed by atoms with van der Waals surface area (Å²) in [6, 6.07) is 14.6. The maximum absolute atomic E-state index is 13.0. The zero-order valence-corrected chi connectivity index (χ0v) is 15.7. The molecular formula is C21H18N6O2. The summed E-state index contributed by atoms with van der Waals surface area (Å²) < 4.78 is 6.45. The van der Waals surface area contributed by atoms with Gasteiger partial charge in [0.25, 0.3) is 5.91 Å². The molecule has 4 rings (SSSR count). The average Bonchev–Trinajstić information content (AvgIpc) is 3.23. The molecule has 3 aromatic heterocycles. The van der Waals surface area contributed by atoms with Gasteiger partial charge in [0, 0.05) is 42.5 Å². The van der Waals surface area contributed by atoms with E-state index in [9.17, 15) is 4.79 Å². The summed E-state index contributed by atoms with van der Waals surface area (Å²) in [6.45, 7) is 0.471. The SMILES string of the molecule is COc1ccc(CNc2nc(-c3cccnc3)nn2C(=O)c2ccncc2)cc1. The molecule has 144 valence electrons. The topological polar surface area (TPSA) is 94.8 Å². The van der Waals surface area contributed by atoms with E-state index < -0.39 is 0 Å². The van der Waals surface area contributed by atoms with E-state index in [1.54, 1.807) is 50.1 Å². The van der Waals surface area contributed by atoms with E-state index in [-0.39, 0.29) is 5.91 Å². The lowest BCUT2D eigenvalue weighted by Crippen LogP contribution is -2.17. The summed E-state index contributed by atoms with van der Waals surface area (Å²) in [5.41, 5.74) is 2.20. The second-order valence-electron chi connectivity index (χ2n) is 6.16. The Balaban J connectivity index is 1.65. The summed E-state index contributed by atoms with van der Waals surface area (Å²) in [5, 5.41) is 7.61. The molecule has 0 bridgehead atoms. The molecule has 1 N–H and O–H groups in total. The smallest absolute Gasteiger partial charge is 0.281 e. The van der Waals surface area contributed by atoms with Crippen molar-refractivity contribution in [1.82, 2.24) is 24.7 Å². The van der Waals surface area contributed by atoms with E-state index in [4.69, 9.17) is 4.74 Å². The highest BCUT2D eigenvalue weighted by Crippen LogP contribution is 2.19. The fourth-order valence-corrected chi connectivity index (χ4v) is 2.73. The van der Waals surface area contributed by atoms with Crippen LogP contribution >= 0.6 is 0 Å². The molecule has 0 atom stereocenters. The van der Waals surface area contributed by atoms with Crippen molar-refractivity contribution in [1.29, 1.82) is 0 Å². The van der Waals surface area contributed by atoms with Crippen LogP contribution in [0.25, 0.3) is 11.4 Å². The summed E-state index contributed by atoms with van der Waals surface area (Å²) >= 11 is 0. The van der Waals surface area contributed by atoms with Gasteiger partial charge in [-0.1, -0.05) is 12.1 Å². The Hall–Kier alpha value is -4.07. The van der Waals surface area contributed by atoms with Crippen LogP contribution in [0.5, 0.6) is 5.75 Å². The number of aromatic nitrogens is 5. The Kier molecular flexibility index (Phi) is 5.24. The fraction of sp³-hybridized carbons (Fsp3) is 0.0952. The molecule has 29 heavy (non-hydrogen) atoms. The van der Waals surface area contributed by atoms with Crippen LogP contribution in [0.3, 0.4) is 0 Å². The first-order chi connectivity index (χ1) is 14.2. The number of nitrogens with zero attached hydrogens (tertiary/aromatic N) is 5. The first-order valence-corrected chi connectivity index (χ1v) is 8.93. The summed E-state index contributed by atoms with van der Waals surface area (Å²) in [4.78, 5) is 25.5. The number of hydrogen-bond acceptors (Lipinski definition) is 7. The minimum Gasteiger partial charge on any atom is -0.497 e. The van der Waals surface area contributed by atoms with Crippen molar-refractivity contribution in [3.8, 4) is 17.1 Å². The first kappa shape index (κ1) is 18.3. The van der Waals surface area contributed by atoms with Gasteiger partial charge in [-0.3, -0.25) is 14.8 Å². The van der Waals surface area contributed by atoms with E-state index in [1.165, 1.54) is 4.68 Å². The van der Waals surface area contributed by atoms with Gasteiger partial charge in [-0.15, -0.1) is 5.10 Å². The Labute approximate surface area is 167 Å². The average molecular weight is 386 g/mol. The maximum atomic E-state index is 13.0. The monoisotopic (exact) mass is 386 g/mol. The van der Waals surface area contributed by atoms with E-state index in [0.29, 0.717) is 23.9 Å². The largest absolute Gasteiger partial charge is 0.497 e. The molecule has 0 saturated heterocycles.